The van der Waals surface area contributed by atoms with Gasteiger partial charge in [0.25, 0.3) is 0 Å². The summed E-state index contributed by atoms with van der Waals surface area (Å²) in [7, 11) is -0.344. The molecular weight excluding hydrogens is 231 g/mol. The average molecular weight is 250 g/mol. The highest BCUT2D eigenvalue weighted by Gasteiger charge is 2.52. The van der Waals surface area contributed by atoms with Crippen LogP contribution in [0.1, 0.15) is 40.3 Å². The summed E-state index contributed by atoms with van der Waals surface area (Å²) in [5, 5.41) is 4.31. The highest BCUT2D eigenvalue weighted by Crippen LogP contribution is 2.36. The Labute approximate surface area is 108 Å². The third-order valence-electron chi connectivity index (χ3n) is 4.12. The Balaban J connectivity index is 1.78. The summed E-state index contributed by atoms with van der Waals surface area (Å²) in [6.45, 7) is 9.01. The van der Waals surface area contributed by atoms with E-state index in [0.29, 0.717) is 0 Å². The minimum Gasteiger partial charge on any atom is -0.399 e. The highest BCUT2D eigenvalue weighted by atomic mass is 16.7. The van der Waals surface area contributed by atoms with E-state index in [9.17, 15) is 0 Å². The minimum absolute atomic E-state index is 0.0844. The summed E-state index contributed by atoms with van der Waals surface area (Å²) >= 11 is 0. The van der Waals surface area contributed by atoms with Gasteiger partial charge >= 0.3 is 7.12 Å². The lowest BCUT2D eigenvalue weighted by Gasteiger charge is -2.32. The second-order valence-electron chi connectivity index (χ2n) is 5.96. The number of hydrogen-bond acceptors (Lipinski definition) is 4. The summed E-state index contributed by atoms with van der Waals surface area (Å²) in [5.74, 6) is 0. The zero-order chi connectivity index (χ0) is 13.0. The zero-order valence-electron chi connectivity index (χ0n) is 11.3. The number of rotatable bonds is 2. The molecule has 0 bridgehead atoms. The van der Waals surface area contributed by atoms with Crippen molar-refractivity contribution in [3.05, 3.63) is 12.4 Å². The van der Waals surface area contributed by atoms with E-state index in [-0.39, 0.29) is 24.5 Å². The molecule has 1 aromatic rings. The van der Waals surface area contributed by atoms with E-state index in [1.165, 1.54) is 0 Å². The number of aromatic nitrogens is 2. The van der Waals surface area contributed by atoms with Crippen molar-refractivity contribution in [2.45, 2.75) is 51.5 Å². The van der Waals surface area contributed by atoms with Crippen LogP contribution in [0, 0.1) is 0 Å². The molecular formula is C12H19BN2O3. The molecule has 1 unspecified atom stereocenters. The molecule has 0 aliphatic carbocycles. The third-order valence-corrected chi connectivity index (χ3v) is 4.12. The van der Waals surface area contributed by atoms with Gasteiger partial charge in [-0.2, -0.15) is 5.10 Å². The molecule has 6 heteroatoms. The largest absolute Gasteiger partial charge is 0.498 e. The second-order valence-corrected chi connectivity index (χ2v) is 5.96. The SMILES string of the molecule is CC1(C)OB(c2cnn(C3CCO3)c2)OC1(C)C. The van der Waals surface area contributed by atoms with Gasteiger partial charge in [-0.3, -0.25) is 0 Å². The maximum atomic E-state index is 5.98. The molecule has 0 radical (unpaired) electrons. The van der Waals surface area contributed by atoms with Crippen LogP contribution in [0.5, 0.6) is 0 Å². The van der Waals surface area contributed by atoms with Gasteiger partial charge in [0.05, 0.1) is 17.8 Å². The lowest BCUT2D eigenvalue weighted by atomic mass is 9.82. The van der Waals surface area contributed by atoms with Gasteiger partial charge in [-0.1, -0.05) is 0 Å². The Kier molecular flexibility index (Phi) is 2.59. The van der Waals surface area contributed by atoms with Crippen LogP contribution in [0.25, 0.3) is 0 Å². The lowest BCUT2D eigenvalue weighted by Crippen LogP contribution is -2.41. The summed E-state index contributed by atoms with van der Waals surface area (Å²) in [6, 6.07) is 0. The van der Waals surface area contributed by atoms with Crippen molar-refractivity contribution in [1.29, 1.82) is 0 Å². The second kappa shape index (κ2) is 3.82. The van der Waals surface area contributed by atoms with Crippen LogP contribution in [-0.4, -0.2) is 34.7 Å². The molecule has 3 rings (SSSR count). The standard InChI is InChI=1S/C12H19BN2O3/c1-11(2)12(3,4)18-13(17-11)9-7-14-15(8-9)10-5-6-16-10/h7-8,10H,5-6H2,1-4H3. The first-order valence-electron chi connectivity index (χ1n) is 6.40. The molecule has 98 valence electrons. The smallest absolute Gasteiger partial charge is 0.399 e. The molecule has 2 saturated heterocycles. The third kappa shape index (κ3) is 1.79. The Bertz CT molecular complexity index is 438. The van der Waals surface area contributed by atoms with E-state index in [0.717, 1.165) is 18.5 Å². The van der Waals surface area contributed by atoms with Gasteiger partial charge in [0.15, 0.2) is 6.23 Å². The first-order chi connectivity index (χ1) is 8.39. The van der Waals surface area contributed by atoms with Gasteiger partial charge in [0.2, 0.25) is 0 Å². The van der Waals surface area contributed by atoms with Gasteiger partial charge in [0, 0.05) is 24.3 Å². The number of ether oxygens (including phenoxy) is 1. The van der Waals surface area contributed by atoms with Crippen molar-refractivity contribution < 1.29 is 14.0 Å². The van der Waals surface area contributed by atoms with Gasteiger partial charge in [0.1, 0.15) is 0 Å². The molecule has 2 aliphatic rings. The monoisotopic (exact) mass is 250 g/mol. The first kappa shape index (κ1) is 12.2. The summed E-state index contributed by atoms with van der Waals surface area (Å²) in [5.41, 5.74) is 0.323. The molecule has 0 N–H and O–H groups in total. The van der Waals surface area contributed by atoms with Crippen molar-refractivity contribution in [3.8, 4) is 0 Å². The topological polar surface area (TPSA) is 45.5 Å². The van der Waals surface area contributed by atoms with Crippen molar-refractivity contribution in [2.75, 3.05) is 6.61 Å². The first-order valence-corrected chi connectivity index (χ1v) is 6.40. The summed E-state index contributed by atoms with van der Waals surface area (Å²) < 4.78 is 19.2. The Hall–Kier alpha value is -0.845. The Morgan fingerprint density at radius 3 is 2.39 bits per heavy atom. The molecule has 0 aromatic carbocycles. The van der Waals surface area contributed by atoms with Gasteiger partial charge in [-0.25, -0.2) is 4.68 Å². The molecule has 1 atom stereocenters. The predicted molar refractivity (Wildman–Crippen MR) is 67.5 cm³/mol. The molecule has 0 amide bonds. The molecule has 5 nitrogen and oxygen atoms in total. The van der Waals surface area contributed by atoms with Crippen molar-refractivity contribution in [1.82, 2.24) is 9.78 Å². The van der Waals surface area contributed by atoms with Crippen molar-refractivity contribution in [3.63, 3.8) is 0 Å². The maximum absolute atomic E-state index is 5.98. The van der Waals surface area contributed by atoms with Crippen LogP contribution in [0.3, 0.4) is 0 Å². The summed E-state index contributed by atoms with van der Waals surface area (Å²) in [6.07, 6.45) is 4.85. The van der Waals surface area contributed by atoms with Crippen molar-refractivity contribution in [2.24, 2.45) is 0 Å². The van der Waals surface area contributed by atoms with E-state index >= 15 is 0 Å². The van der Waals surface area contributed by atoms with Crippen LogP contribution in [-0.2, 0) is 14.0 Å². The minimum atomic E-state index is -0.344. The molecule has 3 heterocycles. The molecule has 0 spiro atoms. The number of nitrogens with zero attached hydrogens (tertiary/aromatic N) is 2. The Morgan fingerprint density at radius 1 is 1.28 bits per heavy atom. The molecule has 2 fully saturated rings. The van der Waals surface area contributed by atoms with Gasteiger partial charge in [-0.15, -0.1) is 0 Å². The van der Waals surface area contributed by atoms with Crippen molar-refractivity contribution >= 4 is 12.6 Å². The van der Waals surface area contributed by atoms with Gasteiger partial charge < -0.3 is 14.0 Å². The molecule has 1 aromatic heterocycles. The van der Waals surface area contributed by atoms with E-state index in [1.54, 1.807) is 6.20 Å². The predicted octanol–water partition coefficient (Wildman–Crippen LogP) is 1.10. The zero-order valence-corrected chi connectivity index (χ0v) is 11.3. The normalized spacial score (nSPS) is 29.3. The summed E-state index contributed by atoms with van der Waals surface area (Å²) in [4.78, 5) is 0. The highest BCUT2D eigenvalue weighted by molar-refractivity contribution is 6.61. The molecule has 0 saturated carbocycles. The van der Waals surface area contributed by atoms with Crippen LogP contribution < -0.4 is 5.46 Å². The average Bonchev–Trinajstić information content (AvgIpc) is 2.68. The van der Waals surface area contributed by atoms with E-state index in [1.807, 2.05) is 38.6 Å². The molecule has 2 aliphatic heterocycles. The fourth-order valence-corrected chi connectivity index (χ4v) is 2.04. The van der Waals surface area contributed by atoms with E-state index in [2.05, 4.69) is 5.10 Å². The molecule has 18 heavy (non-hydrogen) atoms. The van der Waals surface area contributed by atoms with Crippen LogP contribution in [0.15, 0.2) is 12.4 Å². The van der Waals surface area contributed by atoms with Crippen LogP contribution in [0.4, 0.5) is 0 Å². The van der Waals surface area contributed by atoms with Crippen LogP contribution in [0.2, 0.25) is 0 Å². The van der Waals surface area contributed by atoms with E-state index in [4.69, 9.17) is 14.0 Å². The fraction of sp³-hybridized carbons (Fsp3) is 0.750. The van der Waals surface area contributed by atoms with Gasteiger partial charge in [-0.05, 0) is 27.7 Å². The maximum Gasteiger partial charge on any atom is 0.498 e. The quantitative estimate of drug-likeness (QED) is 0.737. The van der Waals surface area contributed by atoms with Crippen LogP contribution >= 0.6 is 0 Å². The Morgan fingerprint density at radius 2 is 1.89 bits per heavy atom. The van der Waals surface area contributed by atoms with E-state index < -0.39 is 0 Å². The number of hydrogen-bond donors (Lipinski definition) is 0. The fourth-order valence-electron chi connectivity index (χ4n) is 2.04. The lowest BCUT2D eigenvalue weighted by molar-refractivity contribution is -0.106.